The fourth-order valence-electron chi connectivity index (χ4n) is 2.35. The van der Waals surface area contributed by atoms with E-state index in [0.717, 1.165) is 18.2 Å². The number of carbonyl (C=O) groups is 1. The monoisotopic (exact) mass is 316 g/mol. The van der Waals surface area contributed by atoms with Crippen LogP contribution in [0.3, 0.4) is 0 Å². The lowest BCUT2D eigenvalue weighted by Gasteiger charge is -2.17. The highest BCUT2D eigenvalue weighted by Gasteiger charge is 2.33. The minimum absolute atomic E-state index is 0.200. The summed E-state index contributed by atoms with van der Waals surface area (Å²) in [6.07, 6.45) is 1.04. The molecule has 0 spiro atoms. The molecule has 0 bridgehead atoms. The Labute approximate surface area is 122 Å². The van der Waals surface area contributed by atoms with Crippen molar-refractivity contribution in [3.8, 4) is 0 Å². The summed E-state index contributed by atoms with van der Waals surface area (Å²) in [5.74, 6) is -1.47. The summed E-state index contributed by atoms with van der Waals surface area (Å²) >= 11 is 0. The number of hydrogen-bond acceptors (Lipinski definition) is 4. The minimum Gasteiger partial charge on any atom is -0.377 e. The Bertz CT molecular complexity index is 648. The van der Waals surface area contributed by atoms with E-state index >= 15 is 0 Å². The molecule has 1 aliphatic heterocycles. The van der Waals surface area contributed by atoms with Crippen LogP contribution in [0, 0.1) is 11.7 Å². The van der Waals surface area contributed by atoms with Gasteiger partial charge in [-0.25, -0.2) is 17.9 Å². The Kier molecular flexibility index (Phi) is 4.60. The van der Waals surface area contributed by atoms with Crippen molar-refractivity contribution in [2.24, 2.45) is 11.1 Å². The average molecular weight is 316 g/mol. The number of amides is 1. The fourth-order valence-corrected chi connectivity index (χ4v) is 2.89. The first-order chi connectivity index (χ1) is 9.82. The Morgan fingerprint density at radius 1 is 1.52 bits per heavy atom. The highest BCUT2D eigenvalue weighted by Crippen LogP contribution is 2.26. The molecule has 1 saturated heterocycles. The number of halogens is 1. The number of ether oxygens (including phenoxy) is 1. The predicted molar refractivity (Wildman–Crippen MR) is 74.5 cm³/mol. The molecule has 0 radical (unpaired) electrons. The van der Waals surface area contributed by atoms with Crippen molar-refractivity contribution in [2.45, 2.75) is 30.8 Å². The molecule has 2 rings (SSSR count). The summed E-state index contributed by atoms with van der Waals surface area (Å²) in [4.78, 5) is 11.9. The first kappa shape index (κ1) is 15.9. The number of rotatable bonds is 4. The zero-order valence-corrected chi connectivity index (χ0v) is 12.3. The van der Waals surface area contributed by atoms with Crippen molar-refractivity contribution in [1.29, 1.82) is 0 Å². The molecule has 3 N–H and O–H groups in total. The molecular weight excluding hydrogens is 299 g/mol. The van der Waals surface area contributed by atoms with E-state index in [1.54, 1.807) is 0 Å². The van der Waals surface area contributed by atoms with Gasteiger partial charge in [0.1, 0.15) is 5.82 Å². The SMILES string of the molecule is CCC1OCCC1C(=O)Nc1cc(S(N)(=O)=O)ccc1F. The van der Waals surface area contributed by atoms with Gasteiger partial charge in [0.05, 0.1) is 22.6 Å². The van der Waals surface area contributed by atoms with Crippen LogP contribution in [-0.4, -0.2) is 27.0 Å². The van der Waals surface area contributed by atoms with Gasteiger partial charge in [-0.1, -0.05) is 6.92 Å². The third kappa shape index (κ3) is 3.58. The molecule has 1 aliphatic rings. The molecule has 116 valence electrons. The van der Waals surface area contributed by atoms with Gasteiger partial charge in [0.25, 0.3) is 0 Å². The van der Waals surface area contributed by atoms with Gasteiger partial charge in [0, 0.05) is 6.61 Å². The van der Waals surface area contributed by atoms with Gasteiger partial charge >= 0.3 is 0 Å². The molecule has 1 fully saturated rings. The van der Waals surface area contributed by atoms with Crippen LogP contribution in [0.5, 0.6) is 0 Å². The fraction of sp³-hybridized carbons (Fsp3) is 0.462. The maximum absolute atomic E-state index is 13.7. The van der Waals surface area contributed by atoms with Crippen molar-refractivity contribution < 1.29 is 22.3 Å². The van der Waals surface area contributed by atoms with E-state index in [4.69, 9.17) is 9.88 Å². The molecule has 2 unspecified atom stereocenters. The van der Waals surface area contributed by atoms with Crippen LogP contribution >= 0.6 is 0 Å². The largest absolute Gasteiger partial charge is 0.377 e. The number of hydrogen-bond donors (Lipinski definition) is 2. The van der Waals surface area contributed by atoms with Gasteiger partial charge in [-0.3, -0.25) is 4.79 Å². The van der Waals surface area contributed by atoms with Crippen LogP contribution in [0.25, 0.3) is 0 Å². The number of nitrogens with one attached hydrogen (secondary N) is 1. The lowest BCUT2D eigenvalue weighted by atomic mass is 9.98. The van der Waals surface area contributed by atoms with Crippen molar-refractivity contribution >= 4 is 21.6 Å². The lowest BCUT2D eigenvalue weighted by molar-refractivity contribution is -0.121. The van der Waals surface area contributed by atoms with Crippen molar-refractivity contribution in [3.05, 3.63) is 24.0 Å². The van der Waals surface area contributed by atoms with Gasteiger partial charge < -0.3 is 10.1 Å². The van der Waals surface area contributed by atoms with Crippen molar-refractivity contribution in [3.63, 3.8) is 0 Å². The van der Waals surface area contributed by atoms with Gasteiger partial charge in [-0.15, -0.1) is 0 Å². The first-order valence-corrected chi connectivity index (χ1v) is 8.12. The molecule has 1 aromatic carbocycles. The number of sulfonamides is 1. The minimum atomic E-state index is -3.95. The topological polar surface area (TPSA) is 98.5 Å². The average Bonchev–Trinajstić information content (AvgIpc) is 2.88. The quantitative estimate of drug-likeness (QED) is 0.872. The van der Waals surface area contributed by atoms with E-state index in [9.17, 15) is 17.6 Å². The van der Waals surface area contributed by atoms with E-state index in [0.29, 0.717) is 19.4 Å². The smallest absolute Gasteiger partial charge is 0.238 e. The highest BCUT2D eigenvalue weighted by atomic mass is 32.2. The number of nitrogens with two attached hydrogens (primary N) is 1. The number of primary sulfonamides is 1. The summed E-state index contributed by atoms with van der Waals surface area (Å²) in [5.41, 5.74) is -0.201. The number of carbonyl (C=O) groups excluding carboxylic acids is 1. The molecule has 0 aromatic heterocycles. The van der Waals surface area contributed by atoms with Gasteiger partial charge in [0.2, 0.25) is 15.9 Å². The molecular formula is C13H17FN2O4S. The molecule has 6 nitrogen and oxygen atoms in total. The van der Waals surface area contributed by atoms with Gasteiger partial charge in [-0.05, 0) is 31.0 Å². The standard InChI is InChI=1S/C13H17FN2O4S/c1-2-12-9(5-6-20-12)13(17)16-11-7-8(21(15,18)19)3-4-10(11)14/h3-4,7,9,12H,2,5-6H2,1H3,(H,16,17)(H2,15,18,19). The first-order valence-electron chi connectivity index (χ1n) is 6.57. The second kappa shape index (κ2) is 6.08. The van der Waals surface area contributed by atoms with E-state index < -0.39 is 15.8 Å². The Morgan fingerprint density at radius 3 is 2.86 bits per heavy atom. The van der Waals surface area contributed by atoms with E-state index in [1.807, 2.05) is 6.92 Å². The van der Waals surface area contributed by atoms with E-state index in [-0.39, 0.29) is 28.5 Å². The molecule has 1 aromatic rings. The summed E-state index contributed by atoms with van der Waals surface area (Å²) < 4.78 is 41.6. The molecule has 1 amide bonds. The molecule has 21 heavy (non-hydrogen) atoms. The molecule has 2 atom stereocenters. The highest BCUT2D eigenvalue weighted by molar-refractivity contribution is 7.89. The normalized spacial score (nSPS) is 22.2. The third-order valence-electron chi connectivity index (χ3n) is 3.47. The maximum atomic E-state index is 13.7. The van der Waals surface area contributed by atoms with Crippen LogP contribution in [0.4, 0.5) is 10.1 Å². The van der Waals surface area contributed by atoms with Crippen LogP contribution in [0.15, 0.2) is 23.1 Å². The second-order valence-corrected chi connectivity index (χ2v) is 6.45. The predicted octanol–water partition coefficient (Wildman–Crippen LogP) is 1.23. The summed E-state index contributed by atoms with van der Waals surface area (Å²) in [6, 6.07) is 3.02. The number of anilines is 1. The van der Waals surface area contributed by atoms with Crippen LogP contribution < -0.4 is 10.5 Å². The zero-order valence-electron chi connectivity index (χ0n) is 11.5. The molecule has 1 heterocycles. The lowest BCUT2D eigenvalue weighted by Crippen LogP contribution is -2.29. The van der Waals surface area contributed by atoms with Crippen LogP contribution in [0.1, 0.15) is 19.8 Å². The maximum Gasteiger partial charge on any atom is 0.238 e. The van der Waals surface area contributed by atoms with Crippen molar-refractivity contribution in [2.75, 3.05) is 11.9 Å². The second-order valence-electron chi connectivity index (χ2n) is 4.89. The Hall–Kier alpha value is -1.51. The van der Waals surface area contributed by atoms with E-state index in [2.05, 4.69) is 5.32 Å². The molecule has 0 aliphatic carbocycles. The van der Waals surface area contributed by atoms with Crippen molar-refractivity contribution in [1.82, 2.24) is 0 Å². The summed E-state index contributed by atoms with van der Waals surface area (Å²) in [7, 11) is -3.95. The summed E-state index contributed by atoms with van der Waals surface area (Å²) in [5, 5.41) is 7.40. The third-order valence-corrected chi connectivity index (χ3v) is 4.38. The summed E-state index contributed by atoms with van der Waals surface area (Å²) in [6.45, 7) is 2.38. The molecule has 8 heteroatoms. The molecule has 0 saturated carbocycles. The Morgan fingerprint density at radius 2 is 2.24 bits per heavy atom. The van der Waals surface area contributed by atoms with Crippen LogP contribution in [0.2, 0.25) is 0 Å². The van der Waals surface area contributed by atoms with Gasteiger partial charge in [-0.2, -0.15) is 0 Å². The zero-order chi connectivity index (χ0) is 15.6. The van der Waals surface area contributed by atoms with Crippen LogP contribution in [-0.2, 0) is 19.6 Å². The Balaban J connectivity index is 2.21. The van der Waals surface area contributed by atoms with E-state index in [1.165, 1.54) is 0 Å². The van der Waals surface area contributed by atoms with Gasteiger partial charge in [0.15, 0.2) is 0 Å². The number of benzene rings is 1.